The number of benzene rings is 2. The van der Waals surface area contributed by atoms with E-state index in [-0.39, 0.29) is 0 Å². The van der Waals surface area contributed by atoms with Gasteiger partial charge in [-0.2, -0.15) is 5.10 Å². The molecule has 0 aliphatic carbocycles. The summed E-state index contributed by atoms with van der Waals surface area (Å²) in [5.74, 6) is 0. The van der Waals surface area contributed by atoms with E-state index >= 15 is 0 Å². The SMILES string of the molecule is C/C=C/C(c1ccccc1)(c1ccccc1)n1cc(C)c(-c2cccc(C)n2)n1.C/C=C\C.C=CC.CC.CN=CBr. The third kappa shape index (κ3) is 11.6. The molecule has 0 aliphatic rings. The van der Waals surface area contributed by atoms with Crippen LogP contribution in [0.2, 0.25) is 0 Å². The molecule has 4 aromatic rings. The lowest BCUT2D eigenvalue weighted by molar-refractivity contribution is 0.477. The number of pyridine rings is 1. The lowest BCUT2D eigenvalue weighted by Crippen LogP contribution is -2.35. The van der Waals surface area contributed by atoms with Crippen LogP contribution in [0.5, 0.6) is 0 Å². The Morgan fingerprint density at radius 1 is 0.786 bits per heavy atom. The third-order valence-corrected chi connectivity index (χ3v) is 6.07. The van der Waals surface area contributed by atoms with Gasteiger partial charge in [-0.05, 0) is 86.3 Å². The summed E-state index contributed by atoms with van der Waals surface area (Å²) in [6.07, 6.45) is 12.2. The van der Waals surface area contributed by atoms with Crippen LogP contribution >= 0.6 is 15.9 Å². The number of halogens is 1. The van der Waals surface area contributed by atoms with Crippen molar-refractivity contribution in [1.29, 1.82) is 0 Å². The number of nitrogens with zero attached hydrogens (tertiary/aromatic N) is 4. The topological polar surface area (TPSA) is 43.1 Å². The van der Waals surface area contributed by atoms with Gasteiger partial charge in [0.1, 0.15) is 11.2 Å². The van der Waals surface area contributed by atoms with E-state index in [0.29, 0.717) is 0 Å². The Balaban J connectivity index is 0.00000111. The number of aliphatic imine (C=N–C) groups is 1. The second-order valence-corrected chi connectivity index (χ2v) is 9.11. The molecule has 0 unspecified atom stereocenters. The van der Waals surface area contributed by atoms with Gasteiger partial charge >= 0.3 is 0 Å². The maximum atomic E-state index is 5.07. The van der Waals surface area contributed by atoms with E-state index in [9.17, 15) is 0 Å². The van der Waals surface area contributed by atoms with Gasteiger partial charge in [0.05, 0.1) is 10.8 Å². The predicted octanol–water partition coefficient (Wildman–Crippen LogP) is 10.8. The highest BCUT2D eigenvalue weighted by Crippen LogP contribution is 2.37. The molecule has 2 aromatic heterocycles. The molecule has 5 heteroatoms. The van der Waals surface area contributed by atoms with Crippen LogP contribution in [0.1, 0.15) is 63.9 Å². The molecule has 0 aliphatic heterocycles. The largest absolute Gasteiger partial charge is 0.289 e. The van der Waals surface area contributed by atoms with Gasteiger partial charge in [-0.15, -0.1) is 6.58 Å². The van der Waals surface area contributed by atoms with E-state index in [1.807, 2.05) is 84.0 Å². The number of hydrogen-bond donors (Lipinski definition) is 0. The van der Waals surface area contributed by atoms with E-state index in [2.05, 4.69) is 113 Å². The van der Waals surface area contributed by atoms with Crippen molar-refractivity contribution in [2.75, 3.05) is 7.05 Å². The zero-order chi connectivity index (χ0) is 31.8. The lowest BCUT2D eigenvalue weighted by Gasteiger charge is -2.33. The van der Waals surface area contributed by atoms with E-state index < -0.39 is 5.54 Å². The fraction of sp³-hybridized carbons (Fsp3) is 0.270. The van der Waals surface area contributed by atoms with Crippen LogP contribution in [-0.4, -0.2) is 26.9 Å². The molecule has 0 saturated heterocycles. The average Bonchev–Trinajstić information content (AvgIpc) is 3.44. The third-order valence-electron chi connectivity index (χ3n) is 5.66. The second-order valence-electron chi connectivity index (χ2n) is 8.70. The van der Waals surface area contributed by atoms with E-state index in [1.54, 1.807) is 18.2 Å². The van der Waals surface area contributed by atoms with E-state index in [4.69, 9.17) is 10.1 Å². The summed E-state index contributed by atoms with van der Waals surface area (Å²) in [6, 6.07) is 27.1. The van der Waals surface area contributed by atoms with Crippen molar-refractivity contribution in [3.63, 3.8) is 0 Å². The standard InChI is InChI=1S/C26H25N3.C4H8.C3H6.C2H4BrN.C2H6/c1-4-18-26(22-13-7-5-8-14-22,23-15-9-6-10-16-23)29-19-20(2)25(28-29)24-17-11-12-21(3)27-24;1-3-4-2;1-3-2;1-4-2-3;1-2/h4-19H,1-3H3;3-4H,1-2H3;3H,1H2,2H3;2H,1H3;1-2H3/b18-4+;4-3-;;;. The number of aromatic nitrogens is 3. The summed E-state index contributed by atoms with van der Waals surface area (Å²) >= 11 is 2.96. The fourth-order valence-electron chi connectivity index (χ4n) is 3.89. The summed E-state index contributed by atoms with van der Waals surface area (Å²) in [7, 11) is 1.70. The van der Waals surface area contributed by atoms with Gasteiger partial charge in [-0.25, -0.2) is 0 Å². The Labute approximate surface area is 263 Å². The van der Waals surface area contributed by atoms with Gasteiger partial charge in [0.2, 0.25) is 0 Å². The normalized spacial score (nSPS) is 10.4. The van der Waals surface area contributed by atoms with Crippen LogP contribution in [-0.2, 0) is 5.54 Å². The first kappa shape index (κ1) is 38.2. The predicted molar refractivity (Wildman–Crippen MR) is 190 cm³/mol. The molecule has 0 N–H and O–H groups in total. The van der Waals surface area contributed by atoms with Crippen molar-refractivity contribution >= 4 is 21.1 Å². The van der Waals surface area contributed by atoms with Gasteiger partial charge in [-0.1, -0.05) is 111 Å². The van der Waals surface area contributed by atoms with Crippen LogP contribution in [0.4, 0.5) is 0 Å². The molecule has 224 valence electrons. The zero-order valence-corrected chi connectivity index (χ0v) is 28.5. The van der Waals surface area contributed by atoms with Crippen LogP contribution < -0.4 is 0 Å². The molecule has 0 atom stereocenters. The van der Waals surface area contributed by atoms with Crippen molar-refractivity contribution < 1.29 is 0 Å². The van der Waals surface area contributed by atoms with Crippen LogP contribution in [0, 0.1) is 13.8 Å². The minimum absolute atomic E-state index is 0.538. The van der Waals surface area contributed by atoms with Gasteiger partial charge in [0.15, 0.2) is 0 Å². The molecule has 2 aromatic carbocycles. The van der Waals surface area contributed by atoms with Crippen LogP contribution in [0.15, 0.2) is 127 Å². The van der Waals surface area contributed by atoms with Crippen molar-refractivity contribution in [2.45, 2.75) is 60.9 Å². The molecule has 0 spiro atoms. The van der Waals surface area contributed by atoms with E-state index in [1.165, 1.54) is 0 Å². The van der Waals surface area contributed by atoms with Crippen molar-refractivity contribution in [3.8, 4) is 11.4 Å². The van der Waals surface area contributed by atoms with Crippen LogP contribution in [0.3, 0.4) is 0 Å². The molecule has 4 rings (SSSR count). The Hall–Kier alpha value is -3.83. The Morgan fingerprint density at radius 2 is 1.26 bits per heavy atom. The van der Waals surface area contributed by atoms with Crippen molar-refractivity contribution in [1.82, 2.24) is 14.8 Å². The molecule has 42 heavy (non-hydrogen) atoms. The fourth-order valence-corrected chi connectivity index (χ4v) is 3.89. The maximum Gasteiger partial charge on any atom is 0.131 e. The summed E-state index contributed by atoms with van der Waals surface area (Å²) < 4.78 is 2.08. The van der Waals surface area contributed by atoms with Gasteiger partial charge < -0.3 is 0 Å². The summed E-state index contributed by atoms with van der Waals surface area (Å²) in [5.41, 5.74) is 5.69. The highest BCUT2D eigenvalue weighted by atomic mass is 79.9. The second kappa shape index (κ2) is 22.8. The van der Waals surface area contributed by atoms with Crippen LogP contribution in [0.25, 0.3) is 11.4 Å². The number of rotatable bonds is 5. The highest BCUT2D eigenvalue weighted by molar-refractivity contribution is 9.17. The smallest absolute Gasteiger partial charge is 0.131 e. The van der Waals surface area contributed by atoms with Gasteiger partial charge in [-0.3, -0.25) is 14.7 Å². The zero-order valence-electron chi connectivity index (χ0n) is 26.9. The Kier molecular flexibility index (Phi) is 20.7. The molecule has 0 radical (unpaired) electrons. The Bertz CT molecular complexity index is 1280. The average molecular weight is 630 g/mol. The quantitative estimate of drug-likeness (QED) is 0.163. The Morgan fingerprint density at radius 3 is 1.64 bits per heavy atom. The number of aryl methyl sites for hydroxylation is 2. The molecule has 0 bridgehead atoms. The maximum absolute atomic E-state index is 5.07. The summed E-state index contributed by atoms with van der Waals surface area (Å²) in [5, 5.41) is 6.63. The highest BCUT2D eigenvalue weighted by Gasteiger charge is 2.35. The van der Waals surface area contributed by atoms with E-state index in [0.717, 1.165) is 33.8 Å². The molecule has 4 nitrogen and oxygen atoms in total. The minimum Gasteiger partial charge on any atom is -0.289 e. The van der Waals surface area contributed by atoms with Crippen molar-refractivity contribution in [3.05, 3.63) is 144 Å². The molecule has 0 fully saturated rings. The molecular weight excluding hydrogens is 580 g/mol. The minimum atomic E-state index is -0.538. The first-order valence-corrected chi connectivity index (χ1v) is 15.2. The lowest BCUT2D eigenvalue weighted by atomic mass is 9.82. The monoisotopic (exact) mass is 628 g/mol. The summed E-state index contributed by atoms with van der Waals surface area (Å²) in [6.45, 7) is 19.4. The molecule has 0 saturated carbocycles. The number of allylic oxidation sites excluding steroid dienone is 5. The number of hydrogen-bond acceptors (Lipinski definition) is 3. The molecular formula is C37H49BrN4. The first-order valence-electron chi connectivity index (χ1n) is 14.3. The molecule has 0 amide bonds. The summed E-state index contributed by atoms with van der Waals surface area (Å²) in [4.78, 5) is 8.23. The van der Waals surface area contributed by atoms with Gasteiger partial charge in [0.25, 0.3) is 0 Å². The van der Waals surface area contributed by atoms with Crippen molar-refractivity contribution in [2.24, 2.45) is 4.99 Å². The molecule has 2 heterocycles. The van der Waals surface area contributed by atoms with Gasteiger partial charge in [0, 0.05) is 18.9 Å². The first-order chi connectivity index (χ1) is 20.4.